The molecule has 1 aromatic heterocycles. The lowest BCUT2D eigenvalue weighted by atomic mass is 10.0. The molecule has 1 atom stereocenters. The van der Waals surface area contributed by atoms with E-state index >= 15 is 0 Å². The van der Waals surface area contributed by atoms with E-state index in [1.54, 1.807) is 16.2 Å². The second kappa shape index (κ2) is 9.75. The Morgan fingerprint density at radius 1 is 1.21 bits per heavy atom. The molecule has 0 radical (unpaired) electrons. The number of hydrogen-bond donors (Lipinski definition) is 1. The van der Waals surface area contributed by atoms with Gasteiger partial charge in [0.25, 0.3) is 0 Å². The van der Waals surface area contributed by atoms with Gasteiger partial charge < -0.3 is 19.9 Å². The second-order valence-electron chi connectivity index (χ2n) is 10.2. The molecule has 7 heteroatoms. The van der Waals surface area contributed by atoms with Crippen molar-refractivity contribution in [2.45, 2.75) is 58.5 Å². The molecule has 2 aromatic rings. The SMILES string of the molecule is Cc1ccccc1OC[C@H]1c2ccsc2CCN1C(=O)CN(CC1CC1)C(=O)NC(C)(C)C. The first-order valence-corrected chi connectivity index (χ1v) is 12.7. The van der Waals surface area contributed by atoms with Crippen LogP contribution in [0.3, 0.4) is 0 Å². The molecule has 1 aromatic carbocycles. The maximum absolute atomic E-state index is 13.6. The van der Waals surface area contributed by atoms with Crippen molar-refractivity contribution in [2.75, 3.05) is 26.2 Å². The molecule has 4 rings (SSSR count). The molecule has 1 N–H and O–H groups in total. The van der Waals surface area contributed by atoms with Crippen molar-refractivity contribution in [1.82, 2.24) is 15.1 Å². The number of para-hydroxylation sites is 1. The van der Waals surface area contributed by atoms with Gasteiger partial charge in [-0.15, -0.1) is 11.3 Å². The van der Waals surface area contributed by atoms with Crippen molar-refractivity contribution < 1.29 is 14.3 Å². The van der Waals surface area contributed by atoms with Gasteiger partial charge in [-0.05, 0) is 81.5 Å². The number of fused-ring (bicyclic) bond motifs is 1. The van der Waals surface area contributed by atoms with E-state index in [0.717, 1.165) is 30.6 Å². The van der Waals surface area contributed by atoms with Gasteiger partial charge in [-0.3, -0.25) is 4.79 Å². The van der Waals surface area contributed by atoms with Crippen LogP contribution in [0.5, 0.6) is 5.75 Å². The fourth-order valence-corrected chi connectivity index (χ4v) is 5.18. The topological polar surface area (TPSA) is 61.9 Å². The number of thiophene rings is 1. The van der Waals surface area contributed by atoms with E-state index in [4.69, 9.17) is 4.74 Å². The summed E-state index contributed by atoms with van der Waals surface area (Å²) in [4.78, 5) is 31.4. The molecule has 2 aliphatic rings. The maximum atomic E-state index is 13.6. The number of nitrogens with zero attached hydrogens (tertiary/aromatic N) is 2. The van der Waals surface area contributed by atoms with E-state index in [2.05, 4.69) is 16.8 Å². The first kappa shape index (κ1) is 23.6. The highest BCUT2D eigenvalue weighted by atomic mass is 32.1. The van der Waals surface area contributed by atoms with Gasteiger partial charge in [0.1, 0.15) is 18.9 Å². The maximum Gasteiger partial charge on any atom is 0.318 e. The number of amides is 3. The Balaban J connectivity index is 1.50. The van der Waals surface area contributed by atoms with Gasteiger partial charge in [0.05, 0.1) is 6.04 Å². The average Bonchev–Trinajstić information content (AvgIpc) is 3.43. The Kier molecular flexibility index (Phi) is 6.98. The molecule has 1 fully saturated rings. The van der Waals surface area contributed by atoms with Crippen LogP contribution >= 0.6 is 11.3 Å². The zero-order valence-corrected chi connectivity index (χ0v) is 20.9. The first-order valence-electron chi connectivity index (χ1n) is 11.8. The van der Waals surface area contributed by atoms with Gasteiger partial charge >= 0.3 is 6.03 Å². The van der Waals surface area contributed by atoms with Gasteiger partial charge in [-0.1, -0.05) is 18.2 Å². The highest BCUT2D eigenvalue weighted by Gasteiger charge is 2.35. The minimum atomic E-state index is -0.345. The molecule has 2 heterocycles. The van der Waals surface area contributed by atoms with Gasteiger partial charge in [0, 0.05) is 23.5 Å². The Hall–Kier alpha value is -2.54. The molecule has 0 unspecified atom stereocenters. The molecule has 0 spiro atoms. The van der Waals surface area contributed by atoms with E-state index in [-0.39, 0.29) is 30.1 Å². The summed E-state index contributed by atoms with van der Waals surface area (Å²) >= 11 is 1.74. The zero-order valence-electron chi connectivity index (χ0n) is 20.1. The quantitative estimate of drug-likeness (QED) is 0.635. The minimum Gasteiger partial charge on any atom is -0.491 e. The Morgan fingerprint density at radius 3 is 2.67 bits per heavy atom. The predicted molar refractivity (Wildman–Crippen MR) is 132 cm³/mol. The van der Waals surface area contributed by atoms with Gasteiger partial charge in [0.2, 0.25) is 5.91 Å². The number of ether oxygens (including phenoxy) is 1. The van der Waals surface area contributed by atoms with Crippen LogP contribution in [0.2, 0.25) is 0 Å². The number of benzene rings is 1. The van der Waals surface area contributed by atoms with Gasteiger partial charge in [-0.2, -0.15) is 0 Å². The smallest absolute Gasteiger partial charge is 0.318 e. The fourth-order valence-electron chi connectivity index (χ4n) is 4.25. The summed E-state index contributed by atoms with van der Waals surface area (Å²) in [5.74, 6) is 1.33. The summed E-state index contributed by atoms with van der Waals surface area (Å²) in [6.45, 7) is 9.69. The number of carbonyl (C=O) groups excluding carboxylic acids is 2. The second-order valence-corrected chi connectivity index (χ2v) is 11.2. The number of carbonyl (C=O) groups is 2. The normalized spacial score (nSPS) is 17.9. The van der Waals surface area contributed by atoms with Crippen LogP contribution < -0.4 is 10.1 Å². The van der Waals surface area contributed by atoms with E-state index in [0.29, 0.717) is 25.6 Å². The molecule has 0 bridgehead atoms. The molecule has 1 saturated carbocycles. The van der Waals surface area contributed by atoms with E-state index in [1.165, 1.54) is 10.4 Å². The van der Waals surface area contributed by atoms with Crippen LogP contribution in [0, 0.1) is 12.8 Å². The summed E-state index contributed by atoms with van der Waals surface area (Å²) in [5.41, 5.74) is 1.90. The molecule has 1 aliphatic carbocycles. The van der Waals surface area contributed by atoms with E-state index in [9.17, 15) is 9.59 Å². The van der Waals surface area contributed by atoms with E-state index in [1.807, 2.05) is 56.9 Å². The standard InChI is InChI=1S/C26H35N3O3S/c1-18-7-5-6-8-22(18)32-17-21-20-12-14-33-23(20)11-13-29(21)24(30)16-28(15-19-9-10-19)25(31)27-26(2,3)4/h5-8,12,14,19,21H,9-11,13,15-17H2,1-4H3,(H,27,31)/t21-/m0/s1. The number of rotatable bonds is 7. The van der Waals surface area contributed by atoms with Crippen molar-refractivity contribution in [3.63, 3.8) is 0 Å². The first-order chi connectivity index (χ1) is 15.7. The highest BCUT2D eigenvalue weighted by molar-refractivity contribution is 7.10. The van der Waals surface area contributed by atoms with Crippen molar-refractivity contribution in [2.24, 2.45) is 5.92 Å². The van der Waals surface area contributed by atoms with E-state index < -0.39 is 0 Å². The lowest BCUT2D eigenvalue weighted by Crippen LogP contribution is -2.53. The van der Waals surface area contributed by atoms with Gasteiger partial charge in [-0.25, -0.2) is 4.79 Å². The largest absolute Gasteiger partial charge is 0.491 e. The Bertz CT molecular complexity index is 993. The van der Waals surface area contributed by atoms with Crippen LogP contribution in [-0.4, -0.2) is 53.5 Å². The van der Waals surface area contributed by atoms with Crippen molar-refractivity contribution in [3.05, 3.63) is 51.7 Å². The molecule has 0 saturated heterocycles. The number of hydrogen-bond acceptors (Lipinski definition) is 4. The number of aryl methyl sites for hydroxylation is 1. The summed E-state index contributed by atoms with van der Waals surface area (Å²) in [6.07, 6.45) is 3.10. The van der Waals surface area contributed by atoms with Crippen LogP contribution in [0.15, 0.2) is 35.7 Å². The van der Waals surface area contributed by atoms with Crippen molar-refractivity contribution in [1.29, 1.82) is 0 Å². The Labute approximate surface area is 200 Å². The zero-order chi connectivity index (χ0) is 23.6. The average molecular weight is 470 g/mol. The molecule has 178 valence electrons. The van der Waals surface area contributed by atoms with Crippen LogP contribution in [0.25, 0.3) is 0 Å². The molecule has 6 nitrogen and oxygen atoms in total. The van der Waals surface area contributed by atoms with Crippen molar-refractivity contribution in [3.8, 4) is 5.75 Å². The summed E-state index contributed by atoms with van der Waals surface area (Å²) < 4.78 is 6.19. The lowest BCUT2D eigenvalue weighted by molar-refractivity contribution is -0.135. The third kappa shape index (κ3) is 6.08. The minimum absolute atomic E-state index is 0.0186. The third-order valence-electron chi connectivity index (χ3n) is 6.18. The molecular weight excluding hydrogens is 434 g/mol. The van der Waals surface area contributed by atoms with Crippen molar-refractivity contribution >= 4 is 23.3 Å². The predicted octanol–water partition coefficient (Wildman–Crippen LogP) is 4.78. The number of nitrogens with one attached hydrogen (secondary N) is 1. The highest BCUT2D eigenvalue weighted by Crippen LogP contribution is 2.35. The molecular formula is C26H35N3O3S. The van der Waals surface area contributed by atoms with Crippen LogP contribution in [0.4, 0.5) is 4.79 Å². The Morgan fingerprint density at radius 2 is 1.97 bits per heavy atom. The molecule has 3 amide bonds. The van der Waals surface area contributed by atoms with Crippen LogP contribution in [-0.2, 0) is 11.2 Å². The molecule has 1 aliphatic heterocycles. The lowest BCUT2D eigenvalue weighted by Gasteiger charge is -2.37. The number of urea groups is 1. The summed E-state index contributed by atoms with van der Waals surface area (Å²) in [6, 6.07) is 9.74. The summed E-state index contributed by atoms with van der Waals surface area (Å²) in [7, 11) is 0. The molecule has 33 heavy (non-hydrogen) atoms. The summed E-state index contributed by atoms with van der Waals surface area (Å²) in [5, 5.41) is 5.12. The van der Waals surface area contributed by atoms with Gasteiger partial charge in [0.15, 0.2) is 0 Å². The van der Waals surface area contributed by atoms with Crippen LogP contribution in [0.1, 0.15) is 55.7 Å². The fraction of sp³-hybridized carbons (Fsp3) is 0.538. The monoisotopic (exact) mass is 469 g/mol. The third-order valence-corrected chi connectivity index (χ3v) is 7.17.